The van der Waals surface area contributed by atoms with E-state index in [-0.39, 0.29) is 0 Å². The molecule has 12 aromatic rings. The van der Waals surface area contributed by atoms with Crippen LogP contribution in [0.3, 0.4) is 0 Å². The lowest BCUT2D eigenvalue weighted by Gasteiger charge is -2.27. The molecular weight excluding hydrogens is 709 g/mol. The van der Waals surface area contributed by atoms with Crippen molar-refractivity contribution in [2.24, 2.45) is 0 Å². The van der Waals surface area contributed by atoms with Crippen LogP contribution in [0.25, 0.3) is 93.6 Å². The summed E-state index contributed by atoms with van der Waals surface area (Å²) in [4.78, 5) is 2.34. The molecule has 4 nitrogen and oxygen atoms in total. The third-order valence-corrected chi connectivity index (χ3v) is 11.6. The Bertz CT molecular complexity index is 3450. The van der Waals surface area contributed by atoms with Gasteiger partial charge in [0.2, 0.25) is 0 Å². The van der Waals surface area contributed by atoms with E-state index in [2.05, 4.69) is 198 Å². The number of anilines is 3. The van der Waals surface area contributed by atoms with E-state index in [9.17, 15) is 0 Å². The molecule has 0 radical (unpaired) electrons. The first kappa shape index (κ1) is 32.4. The van der Waals surface area contributed by atoms with Crippen molar-refractivity contribution >= 4 is 82.7 Å². The quantitative estimate of drug-likeness (QED) is 0.170. The molecule has 12 rings (SSSR count). The lowest BCUT2D eigenvalue weighted by Crippen LogP contribution is -2.11. The van der Waals surface area contributed by atoms with Gasteiger partial charge in [-0.05, 0) is 89.5 Å². The topological polar surface area (TPSA) is 34.5 Å². The lowest BCUT2D eigenvalue weighted by molar-refractivity contribution is 0.668. The Kier molecular flexibility index (Phi) is 7.20. The second-order valence-corrected chi connectivity index (χ2v) is 14.9. The van der Waals surface area contributed by atoms with Crippen molar-refractivity contribution in [1.29, 1.82) is 0 Å². The number of fused-ring (bicyclic) bond motifs is 9. The molecule has 0 aliphatic carbocycles. The van der Waals surface area contributed by atoms with Gasteiger partial charge in [-0.25, -0.2) is 0 Å². The molecule has 0 unspecified atom stereocenters. The van der Waals surface area contributed by atoms with Gasteiger partial charge in [0.25, 0.3) is 0 Å². The van der Waals surface area contributed by atoms with E-state index in [1.165, 1.54) is 21.8 Å². The zero-order valence-electron chi connectivity index (χ0n) is 31.3. The third-order valence-electron chi connectivity index (χ3n) is 11.6. The normalized spacial score (nSPS) is 11.8. The molecule has 4 heteroatoms. The molecule has 0 saturated carbocycles. The molecule has 0 atom stereocenters. The number of hydrogen-bond donors (Lipinski definition) is 0. The zero-order valence-corrected chi connectivity index (χ0v) is 31.3. The predicted molar refractivity (Wildman–Crippen MR) is 241 cm³/mol. The Morgan fingerprint density at radius 2 is 0.983 bits per heavy atom. The van der Waals surface area contributed by atoms with Crippen LogP contribution in [0.5, 0.6) is 0 Å². The van der Waals surface area contributed by atoms with Gasteiger partial charge in [0, 0.05) is 43.9 Å². The Morgan fingerprint density at radius 3 is 1.72 bits per heavy atom. The first-order valence-corrected chi connectivity index (χ1v) is 19.7. The SMILES string of the molecule is c1ccc(-c2ccc3c(c2)oc2c(-c4ccccc4)ccc(N(c4ccc(-n5c6ccccc6c6ccccc65)cc4)c4cccc5c4oc4ccccc45)c23)cc1. The Labute approximate surface area is 334 Å². The van der Waals surface area contributed by atoms with E-state index >= 15 is 0 Å². The molecular formula is C54H34N2O2. The molecule has 0 amide bonds. The van der Waals surface area contributed by atoms with Crippen molar-refractivity contribution < 1.29 is 8.83 Å². The molecule has 0 aliphatic rings. The van der Waals surface area contributed by atoms with Crippen LogP contribution in [0, 0.1) is 0 Å². The van der Waals surface area contributed by atoms with Crippen molar-refractivity contribution in [1.82, 2.24) is 4.57 Å². The van der Waals surface area contributed by atoms with Gasteiger partial charge >= 0.3 is 0 Å². The van der Waals surface area contributed by atoms with Gasteiger partial charge in [0.1, 0.15) is 16.7 Å². The second kappa shape index (κ2) is 12.9. The summed E-state index contributed by atoms with van der Waals surface area (Å²) in [6.07, 6.45) is 0. The molecule has 3 aromatic heterocycles. The maximum atomic E-state index is 6.99. The summed E-state index contributed by atoms with van der Waals surface area (Å²) in [5, 5.41) is 6.73. The van der Waals surface area contributed by atoms with Crippen molar-refractivity contribution in [2.45, 2.75) is 0 Å². The highest BCUT2D eigenvalue weighted by Crippen LogP contribution is 2.49. The largest absolute Gasteiger partial charge is 0.455 e. The van der Waals surface area contributed by atoms with Crippen LogP contribution in [-0.4, -0.2) is 4.57 Å². The van der Waals surface area contributed by atoms with Crippen molar-refractivity contribution in [3.8, 4) is 27.9 Å². The van der Waals surface area contributed by atoms with E-state index in [4.69, 9.17) is 8.83 Å². The van der Waals surface area contributed by atoms with E-state index in [1.54, 1.807) is 0 Å². The molecule has 0 bridgehead atoms. The van der Waals surface area contributed by atoms with Gasteiger partial charge in [-0.1, -0.05) is 133 Å². The zero-order chi connectivity index (χ0) is 38.2. The molecule has 0 N–H and O–H groups in total. The average Bonchev–Trinajstić information content (AvgIpc) is 3.98. The van der Waals surface area contributed by atoms with Crippen LogP contribution in [-0.2, 0) is 0 Å². The fourth-order valence-electron chi connectivity index (χ4n) is 8.97. The molecule has 0 aliphatic heterocycles. The fraction of sp³-hybridized carbons (Fsp3) is 0. The van der Waals surface area contributed by atoms with Crippen molar-refractivity contribution in [3.63, 3.8) is 0 Å². The predicted octanol–water partition coefficient (Wildman–Crippen LogP) is 15.4. The highest BCUT2D eigenvalue weighted by molar-refractivity contribution is 6.19. The van der Waals surface area contributed by atoms with Crippen LogP contribution in [0.15, 0.2) is 215 Å². The summed E-state index contributed by atoms with van der Waals surface area (Å²) in [6.45, 7) is 0. The van der Waals surface area contributed by atoms with E-state index in [0.29, 0.717) is 0 Å². The smallest absolute Gasteiger partial charge is 0.159 e. The minimum absolute atomic E-state index is 0.828. The first-order valence-electron chi connectivity index (χ1n) is 19.7. The van der Waals surface area contributed by atoms with Crippen LogP contribution < -0.4 is 4.90 Å². The first-order chi connectivity index (χ1) is 28.8. The lowest BCUT2D eigenvalue weighted by atomic mass is 9.98. The number of benzene rings is 9. The van der Waals surface area contributed by atoms with E-state index < -0.39 is 0 Å². The van der Waals surface area contributed by atoms with Gasteiger partial charge < -0.3 is 18.3 Å². The monoisotopic (exact) mass is 742 g/mol. The third kappa shape index (κ3) is 4.95. The Hall–Kier alpha value is -7.82. The number of nitrogens with zero attached hydrogens (tertiary/aromatic N) is 2. The maximum Gasteiger partial charge on any atom is 0.159 e. The Balaban J connectivity index is 1.13. The van der Waals surface area contributed by atoms with Gasteiger partial charge in [-0.3, -0.25) is 0 Å². The van der Waals surface area contributed by atoms with E-state index in [1.807, 2.05) is 18.2 Å². The second-order valence-electron chi connectivity index (χ2n) is 14.9. The van der Waals surface area contributed by atoms with Gasteiger partial charge in [0.05, 0.1) is 27.8 Å². The Morgan fingerprint density at radius 1 is 0.362 bits per heavy atom. The van der Waals surface area contributed by atoms with Crippen LogP contribution in [0.4, 0.5) is 17.1 Å². The number of para-hydroxylation sites is 4. The van der Waals surface area contributed by atoms with Crippen LogP contribution >= 0.6 is 0 Å². The molecule has 0 fully saturated rings. The minimum Gasteiger partial charge on any atom is -0.455 e. The average molecular weight is 743 g/mol. The maximum absolute atomic E-state index is 6.99. The number of aromatic nitrogens is 1. The van der Waals surface area contributed by atoms with Crippen LogP contribution in [0.1, 0.15) is 0 Å². The summed E-state index contributed by atoms with van der Waals surface area (Å²) in [5.74, 6) is 0. The van der Waals surface area contributed by atoms with Crippen molar-refractivity contribution in [2.75, 3.05) is 4.90 Å². The van der Waals surface area contributed by atoms with Crippen molar-refractivity contribution in [3.05, 3.63) is 206 Å². The molecule has 3 heterocycles. The van der Waals surface area contributed by atoms with Gasteiger partial charge in [-0.2, -0.15) is 0 Å². The summed E-state index contributed by atoms with van der Waals surface area (Å²) < 4.78 is 16.1. The summed E-state index contributed by atoms with van der Waals surface area (Å²) in [7, 11) is 0. The molecule has 58 heavy (non-hydrogen) atoms. The number of furan rings is 2. The highest BCUT2D eigenvalue weighted by atomic mass is 16.3. The fourth-order valence-corrected chi connectivity index (χ4v) is 8.97. The minimum atomic E-state index is 0.828. The molecule has 9 aromatic carbocycles. The standard InChI is InChI=1S/C54H34N2O2/c1-3-14-35(15-4-1)37-26-31-45-51(34-37)58-54-40(36-16-5-2-6-17-36)32-33-48(52(45)54)56(49-24-13-21-44-43-20-9-12-25-50(43)57-53(44)49)39-29-27-38(28-30-39)55-46-22-10-7-18-41(46)42-19-8-11-23-47(42)55/h1-34H. The number of hydrogen-bond acceptors (Lipinski definition) is 3. The number of rotatable bonds is 6. The molecule has 272 valence electrons. The molecule has 0 spiro atoms. The molecule has 0 saturated heterocycles. The van der Waals surface area contributed by atoms with E-state index in [0.717, 1.165) is 88.9 Å². The van der Waals surface area contributed by atoms with Gasteiger partial charge in [0.15, 0.2) is 5.58 Å². The summed E-state index contributed by atoms with van der Waals surface area (Å²) >= 11 is 0. The van der Waals surface area contributed by atoms with Gasteiger partial charge in [-0.15, -0.1) is 0 Å². The van der Waals surface area contributed by atoms with Crippen LogP contribution in [0.2, 0.25) is 0 Å². The highest BCUT2D eigenvalue weighted by Gasteiger charge is 2.25. The summed E-state index contributed by atoms with van der Waals surface area (Å²) in [6, 6.07) is 73.0. The summed E-state index contributed by atoms with van der Waals surface area (Å²) in [5.41, 5.74) is 14.2.